The standard InChI is InChI=1S/C25H18ClN7S/c1-33-10-8-20(32-33)23-22(18-11-17-3-2-9-29-21(17)19(26)12-18)31-25(24(28)30-23)34-14-16-6-4-15(13-27)5-7-16/h2-12H,14H2,1H3,(H2,28,30). The van der Waals surface area contributed by atoms with Crippen molar-refractivity contribution in [3.05, 3.63) is 83.1 Å². The molecule has 0 saturated carbocycles. The molecule has 0 atom stereocenters. The Morgan fingerprint density at radius 3 is 2.65 bits per heavy atom. The van der Waals surface area contributed by atoms with Gasteiger partial charge in [-0.05, 0) is 42.0 Å². The molecule has 3 aromatic heterocycles. The Labute approximate surface area is 205 Å². The molecule has 0 amide bonds. The topological polar surface area (TPSA) is 106 Å². The molecule has 0 spiro atoms. The van der Waals surface area contributed by atoms with Crippen LogP contribution in [0.2, 0.25) is 5.02 Å². The molecule has 7 nitrogen and oxygen atoms in total. The lowest BCUT2D eigenvalue weighted by Gasteiger charge is -2.13. The van der Waals surface area contributed by atoms with E-state index in [0.717, 1.165) is 22.0 Å². The molecule has 0 fully saturated rings. The number of nitrogen functional groups attached to an aromatic ring is 1. The second-order valence-electron chi connectivity index (χ2n) is 7.62. The van der Waals surface area contributed by atoms with Gasteiger partial charge in [-0.1, -0.05) is 41.6 Å². The highest BCUT2D eigenvalue weighted by atomic mass is 35.5. The Hall–Kier alpha value is -3.93. The Morgan fingerprint density at radius 2 is 1.91 bits per heavy atom. The van der Waals surface area contributed by atoms with Gasteiger partial charge in [-0.15, -0.1) is 0 Å². The average molecular weight is 484 g/mol. The monoisotopic (exact) mass is 483 g/mol. The van der Waals surface area contributed by atoms with Crippen LogP contribution < -0.4 is 5.73 Å². The molecule has 2 N–H and O–H groups in total. The molecular weight excluding hydrogens is 466 g/mol. The Balaban J connectivity index is 1.60. The minimum atomic E-state index is 0.330. The maximum absolute atomic E-state index is 9.01. The maximum atomic E-state index is 9.01. The van der Waals surface area contributed by atoms with Gasteiger partial charge in [0.05, 0.1) is 27.9 Å². The summed E-state index contributed by atoms with van der Waals surface area (Å²) in [5.74, 6) is 0.964. The average Bonchev–Trinajstić information content (AvgIpc) is 3.29. The predicted molar refractivity (Wildman–Crippen MR) is 135 cm³/mol. The van der Waals surface area contributed by atoms with Crippen molar-refractivity contribution in [1.82, 2.24) is 24.7 Å². The highest BCUT2D eigenvalue weighted by Gasteiger charge is 2.19. The minimum Gasteiger partial charge on any atom is -0.381 e. The van der Waals surface area contributed by atoms with Gasteiger partial charge in [0.2, 0.25) is 0 Å². The van der Waals surface area contributed by atoms with E-state index in [1.165, 1.54) is 11.8 Å². The number of nitriles is 1. The molecular formula is C25H18ClN7S. The van der Waals surface area contributed by atoms with Gasteiger partial charge < -0.3 is 5.73 Å². The van der Waals surface area contributed by atoms with Crippen molar-refractivity contribution in [3.8, 4) is 28.7 Å². The van der Waals surface area contributed by atoms with Gasteiger partial charge in [-0.3, -0.25) is 9.67 Å². The predicted octanol–water partition coefficient (Wildman–Crippen LogP) is 5.49. The van der Waals surface area contributed by atoms with E-state index in [1.807, 2.05) is 55.7 Å². The van der Waals surface area contributed by atoms with Crippen LogP contribution >= 0.6 is 23.4 Å². The van der Waals surface area contributed by atoms with Crippen molar-refractivity contribution < 1.29 is 0 Å². The summed E-state index contributed by atoms with van der Waals surface area (Å²) in [4.78, 5) is 14.0. The van der Waals surface area contributed by atoms with Crippen molar-refractivity contribution in [2.75, 3.05) is 5.73 Å². The number of halogens is 1. The molecule has 9 heteroatoms. The Morgan fingerprint density at radius 1 is 1.09 bits per heavy atom. The van der Waals surface area contributed by atoms with E-state index >= 15 is 0 Å². The Bertz CT molecular complexity index is 1550. The van der Waals surface area contributed by atoms with Crippen molar-refractivity contribution in [2.45, 2.75) is 10.8 Å². The summed E-state index contributed by atoms with van der Waals surface area (Å²) < 4.78 is 1.71. The van der Waals surface area contributed by atoms with Crippen molar-refractivity contribution in [3.63, 3.8) is 0 Å². The van der Waals surface area contributed by atoms with Crippen LogP contribution in [0.25, 0.3) is 33.5 Å². The molecule has 3 heterocycles. The minimum absolute atomic E-state index is 0.330. The summed E-state index contributed by atoms with van der Waals surface area (Å²) in [5.41, 5.74) is 11.4. The van der Waals surface area contributed by atoms with E-state index in [2.05, 4.69) is 16.2 Å². The van der Waals surface area contributed by atoms with E-state index < -0.39 is 0 Å². The van der Waals surface area contributed by atoms with Crippen molar-refractivity contribution in [2.24, 2.45) is 7.05 Å². The summed E-state index contributed by atoms with van der Waals surface area (Å²) in [6.07, 6.45) is 3.57. The van der Waals surface area contributed by atoms with Gasteiger partial charge in [-0.25, -0.2) is 9.97 Å². The highest BCUT2D eigenvalue weighted by Crippen LogP contribution is 2.36. The van der Waals surface area contributed by atoms with Gasteiger partial charge in [0, 0.05) is 36.1 Å². The number of thioether (sulfide) groups is 1. The van der Waals surface area contributed by atoms with E-state index in [0.29, 0.717) is 44.3 Å². The third-order valence-electron chi connectivity index (χ3n) is 5.24. The molecule has 166 valence electrons. The third kappa shape index (κ3) is 4.31. The number of nitrogens with two attached hydrogens (primary N) is 1. The zero-order valence-corrected chi connectivity index (χ0v) is 19.7. The lowest BCUT2D eigenvalue weighted by atomic mass is 10.0. The number of aryl methyl sites for hydroxylation is 1. The smallest absolute Gasteiger partial charge is 0.156 e. The first kappa shape index (κ1) is 21.9. The van der Waals surface area contributed by atoms with Gasteiger partial charge >= 0.3 is 0 Å². The Kier molecular flexibility index (Phi) is 5.88. The molecule has 5 rings (SSSR count). The zero-order chi connectivity index (χ0) is 23.7. The van der Waals surface area contributed by atoms with Crippen LogP contribution in [0.3, 0.4) is 0 Å². The van der Waals surface area contributed by atoms with Gasteiger partial charge in [0.1, 0.15) is 16.4 Å². The van der Waals surface area contributed by atoms with E-state index in [9.17, 15) is 0 Å². The van der Waals surface area contributed by atoms with Crippen LogP contribution in [-0.4, -0.2) is 24.7 Å². The second-order valence-corrected chi connectivity index (χ2v) is 8.99. The number of hydrogen-bond donors (Lipinski definition) is 1. The number of benzene rings is 2. The number of anilines is 1. The van der Waals surface area contributed by atoms with Crippen LogP contribution in [0.4, 0.5) is 5.82 Å². The number of fused-ring (bicyclic) bond motifs is 1. The van der Waals surface area contributed by atoms with Gasteiger partial charge in [0.15, 0.2) is 5.82 Å². The molecule has 0 radical (unpaired) electrons. The first-order valence-corrected chi connectivity index (χ1v) is 11.7. The molecule has 0 saturated heterocycles. The summed E-state index contributed by atoms with van der Waals surface area (Å²) in [6, 6.07) is 19.1. The number of aromatic nitrogens is 5. The first-order valence-electron chi connectivity index (χ1n) is 10.4. The lowest BCUT2D eigenvalue weighted by Crippen LogP contribution is -2.03. The van der Waals surface area contributed by atoms with Crippen LogP contribution in [0, 0.1) is 11.3 Å². The molecule has 0 unspecified atom stereocenters. The normalized spacial score (nSPS) is 11.0. The fourth-order valence-corrected chi connectivity index (χ4v) is 4.69. The summed E-state index contributed by atoms with van der Waals surface area (Å²) in [5, 5.41) is 15.6. The lowest BCUT2D eigenvalue weighted by molar-refractivity contribution is 0.769. The molecule has 0 bridgehead atoms. The number of pyridine rings is 1. The third-order valence-corrected chi connectivity index (χ3v) is 6.58. The van der Waals surface area contributed by atoms with E-state index in [-0.39, 0.29) is 0 Å². The molecule has 0 aliphatic rings. The van der Waals surface area contributed by atoms with Crippen LogP contribution in [0.1, 0.15) is 11.1 Å². The fourth-order valence-electron chi connectivity index (χ4n) is 3.57. The number of rotatable bonds is 5. The SMILES string of the molecule is Cn1ccc(-c2nc(N)c(SCc3ccc(C#N)cc3)nc2-c2cc(Cl)c3ncccc3c2)n1. The molecule has 2 aromatic carbocycles. The van der Waals surface area contributed by atoms with Crippen molar-refractivity contribution in [1.29, 1.82) is 5.26 Å². The van der Waals surface area contributed by atoms with Gasteiger partial charge in [-0.2, -0.15) is 10.4 Å². The summed E-state index contributed by atoms with van der Waals surface area (Å²) in [7, 11) is 1.85. The maximum Gasteiger partial charge on any atom is 0.156 e. The summed E-state index contributed by atoms with van der Waals surface area (Å²) >= 11 is 8.06. The molecule has 5 aromatic rings. The number of nitrogens with zero attached hydrogens (tertiary/aromatic N) is 6. The second kappa shape index (κ2) is 9.14. The van der Waals surface area contributed by atoms with Crippen LogP contribution in [-0.2, 0) is 12.8 Å². The van der Waals surface area contributed by atoms with Crippen molar-refractivity contribution >= 4 is 40.1 Å². The number of hydrogen-bond acceptors (Lipinski definition) is 7. The first-order chi connectivity index (χ1) is 16.5. The van der Waals surface area contributed by atoms with Gasteiger partial charge in [0.25, 0.3) is 0 Å². The highest BCUT2D eigenvalue weighted by molar-refractivity contribution is 7.98. The quantitative estimate of drug-likeness (QED) is 0.329. The molecule has 0 aliphatic heterocycles. The largest absolute Gasteiger partial charge is 0.381 e. The van der Waals surface area contributed by atoms with E-state index in [4.69, 9.17) is 32.6 Å². The summed E-state index contributed by atoms with van der Waals surface area (Å²) in [6.45, 7) is 0. The van der Waals surface area contributed by atoms with Crippen LogP contribution in [0.15, 0.2) is 72.0 Å². The van der Waals surface area contributed by atoms with Crippen LogP contribution in [0.5, 0.6) is 0 Å². The van der Waals surface area contributed by atoms with E-state index in [1.54, 1.807) is 23.0 Å². The fraction of sp³-hybridized carbons (Fsp3) is 0.0800. The molecule has 34 heavy (non-hydrogen) atoms. The zero-order valence-electron chi connectivity index (χ0n) is 18.1. The molecule has 0 aliphatic carbocycles.